The van der Waals surface area contributed by atoms with E-state index in [1.54, 1.807) is 12.0 Å². The molecule has 0 aliphatic carbocycles. The lowest BCUT2D eigenvalue weighted by Crippen LogP contribution is -2.40. The maximum Gasteiger partial charge on any atom is 0.232 e. The Morgan fingerprint density at radius 2 is 1.86 bits per heavy atom. The van der Waals surface area contributed by atoms with Gasteiger partial charge in [0.15, 0.2) is 0 Å². The Hall–Kier alpha value is -2.86. The van der Waals surface area contributed by atoms with E-state index < -0.39 is 0 Å². The van der Waals surface area contributed by atoms with Crippen LogP contribution >= 0.6 is 0 Å². The highest BCUT2D eigenvalue weighted by molar-refractivity contribution is 5.99. The second kappa shape index (κ2) is 8.25. The summed E-state index contributed by atoms with van der Waals surface area (Å²) in [5.74, 6) is 0.592. The van der Waals surface area contributed by atoms with Crippen LogP contribution in [0.25, 0.3) is 0 Å². The number of benzene rings is 2. The minimum Gasteiger partial charge on any atom is -0.497 e. The van der Waals surface area contributed by atoms with E-state index in [0.29, 0.717) is 19.6 Å². The van der Waals surface area contributed by atoms with Crippen LogP contribution in [0.2, 0.25) is 0 Å². The van der Waals surface area contributed by atoms with E-state index in [1.165, 1.54) is 0 Å². The van der Waals surface area contributed by atoms with Crippen molar-refractivity contribution in [3.05, 3.63) is 59.7 Å². The van der Waals surface area contributed by atoms with Crippen molar-refractivity contribution in [2.24, 2.45) is 5.92 Å². The lowest BCUT2D eigenvalue weighted by atomic mass is 10.1. The molecule has 1 unspecified atom stereocenters. The lowest BCUT2D eigenvalue weighted by Gasteiger charge is -2.25. The van der Waals surface area contributed by atoms with E-state index in [-0.39, 0.29) is 24.2 Å². The Morgan fingerprint density at radius 3 is 2.62 bits per heavy atom. The van der Waals surface area contributed by atoms with E-state index in [0.717, 1.165) is 35.7 Å². The number of carbonyl (C=O) groups excluding carboxylic acids is 2. The van der Waals surface area contributed by atoms with Gasteiger partial charge in [-0.3, -0.25) is 9.59 Å². The summed E-state index contributed by atoms with van der Waals surface area (Å²) >= 11 is 0. The van der Waals surface area contributed by atoms with E-state index in [4.69, 9.17) is 4.74 Å². The van der Waals surface area contributed by atoms with Crippen molar-refractivity contribution in [2.45, 2.75) is 19.5 Å². The first-order valence-electron chi connectivity index (χ1n) is 10.0. The minimum atomic E-state index is -0.294. The standard InChI is InChI=1S/C23H27N3O3/c1-24-11-12-26(21-6-4-3-5-18(21)15-24)23(28)19-13-22(27)25(16-19)14-17-7-9-20(29-2)10-8-17/h3-10,19H,11-16H2,1-2H3. The van der Waals surface area contributed by atoms with Crippen LogP contribution in [0, 0.1) is 5.92 Å². The number of anilines is 1. The summed E-state index contributed by atoms with van der Waals surface area (Å²) in [6.45, 7) is 3.28. The number of rotatable bonds is 4. The zero-order valence-corrected chi connectivity index (χ0v) is 17.0. The third kappa shape index (κ3) is 4.12. The predicted octanol–water partition coefficient (Wildman–Crippen LogP) is 2.52. The van der Waals surface area contributed by atoms with Crippen LogP contribution in [0.15, 0.2) is 48.5 Å². The number of nitrogens with zero attached hydrogens (tertiary/aromatic N) is 3. The first-order valence-corrected chi connectivity index (χ1v) is 10.0. The third-order valence-electron chi connectivity index (χ3n) is 5.79. The summed E-state index contributed by atoms with van der Waals surface area (Å²) in [5, 5.41) is 0. The number of ether oxygens (including phenoxy) is 1. The van der Waals surface area contributed by atoms with E-state index >= 15 is 0 Å². The smallest absolute Gasteiger partial charge is 0.232 e. The quantitative estimate of drug-likeness (QED) is 0.801. The van der Waals surface area contributed by atoms with Crippen LogP contribution in [0.5, 0.6) is 5.75 Å². The second-order valence-electron chi connectivity index (χ2n) is 7.88. The molecule has 1 fully saturated rings. The van der Waals surface area contributed by atoms with Gasteiger partial charge in [-0.05, 0) is 36.4 Å². The zero-order valence-electron chi connectivity index (χ0n) is 17.0. The SMILES string of the molecule is COc1ccc(CN2CC(C(=O)N3CCN(C)Cc4ccccc43)CC2=O)cc1. The number of carbonyl (C=O) groups is 2. The molecule has 1 atom stereocenters. The lowest BCUT2D eigenvalue weighted by molar-refractivity contribution is -0.128. The molecule has 0 saturated carbocycles. The highest BCUT2D eigenvalue weighted by Gasteiger charge is 2.37. The Labute approximate surface area is 171 Å². The highest BCUT2D eigenvalue weighted by atomic mass is 16.5. The molecule has 29 heavy (non-hydrogen) atoms. The molecule has 0 radical (unpaired) electrons. The minimum absolute atomic E-state index is 0.0411. The third-order valence-corrected chi connectivity index (χ3v) is 5.79. The summed E-state index contributed by atoms with van der Waals surface area (Å²) < 4.78 is 5.19. The molecule has 2 aliphatic rings. The molecule has 0 N–H and O–H groups in total. The summed E-state index contributed by atoms with van der Waals surface area (Å²) in [5.41, 5.74) is 3.16. The van der Waals surface area contributed by atoms with Crippen molar-refractivity contribution < 1.29 is 14.3 Å². The zero-order chi connectivity index (χ0) is 20.4. The Balaban J connectivity index is 1.47. The molecule has 0 aromatic heterocycles. The van der Waals surface area contributed by atoms with Gasteiger partial charge >= 0.3 is 0 Å². The number of methoxy groups -OCH3 is 1. The molecule has 0 bridgehead atoms. The van der Waals surface area contributed by atoms with Gasteiger partial charge in [0.05, 0.1) is 13.0 Å². The average Bonchev–Trinajstić information content (AvgIpc) is 3.00. The average molecular weight is 393 g/mol. The van der Waals surface area contributed by atoms with Gasteiger partial charge < -0.3 is 19.4 Å². The van der Waals surface area contributed by atoms with Crippen molar-refractivity contribution in [1.82, 2.24) is 9.80 Å². The van der Waals surface area contributed by atoms with Gasteiger partial charge in [0.25, 0.3) is 0 Å². The molecule has 2 heterocycles. The van der Waals surface area contributed by atoms with Crippen LogP contribution in [-0.4, -0.2) is 55.4 Å². The molecular formula is C23H27N3O3. The van der Waals surface area contributed by atoms with Gasteiger partial charge in [0, 0.05) is 44.8 Å². The Bertz CT molecular complexity index is 896. The Kier molecular flexibility index (Phi) is 5.53. The van der Waals surface area contributed by atoms with Gasteiger partial charge in [-0.15, -0.1) is 0 Å². The normalized spacial score (nSPS) is 19.8. The molecule has 4 rings (SSSR count). The molecule has 2 aromatic rings. The summed E-state index contributed by atoms with van der Waals surface area (Å²) in [7, 11) is 3.70. The van der Waals surface area contributed by atoms with Crippen molar-refractivity contribution in [1.29, 1.82) is 0 Å². The van der Waals surface area contributed by atoms with E-state index in [2.05, 4.69) is 18.0 Å². The number of fused-ring (bicyclic) bond motifs is 1. The number of hydrogen-bond acceptors (Lipinski definition) is 4. The van der Waals surface area contributed by atoms with Crippen LogP contribution in [0.4, 0.5) is 5.69 Å². The fourth-order valence-electron chi connectivity index (χ4n) is 4.16. The number of para-hydroxylation sites is 1. The van der Waals surface area contributed by atoms with Gasteiger partial charge in [-0.1, -0.05) is 30.3 Å². The monoisotopic (exact) mass is 393 g/mol. The Morgan fingerprint density at radius 1 is 1.10 bits per heavy atom. The molecule has 2 aliphatic heterocycles. The first-order chi connectivity index (χ1) is 14.0. The van der Waals surface area contributed by atoms with Crippen molar-refractivity contribution in [3.63, 3.8) is 0 Å². The van der Waals surface area contributed by atoms with Gasteiger partial charge in [-0.25, -0.2) is 0 Å². The van der Waals surface area contributed by atoms with Crippen molar-refractivity contribution in [3.8, 4) is 5.75 Å². The molecule has 6 nitrogen and oxygen atoms in total. The topological polar surface area (TPSA) is 53.1 Å². The van der Waals surface area contributed by atoms with Crippen molar-refractivity contribution in [2.75, 3.05) is 38.7 Å². The number of hydrogen-bond donors (Lipinski definition) is 0. The maximum absolute atomic E-state index is 13.4. The van der Waals surface area contributed by atoms with Crippen LogP contribution in [-0.2, 0) is 22.7 Å². The first kappa shape index (κ1) is 19.5. The van der Waals surface area contributed by atoms with E-state index in [1.807, 2.05) is 47.4 Å². The fraction of sp³-hybridized carbons (Fsp3) is 0.391. The molecule has 0 spiro atoms. The number of likely N-dealkylation sites (tertiary alicyclic amines) is 1. The maximum atomic E-state index is 13.4. The molecule has 6 heteroatoms. The van der Waals surface area contributed by atoms with Gasteiger partial charge in [0.2, 0.25) is 11.8 Å². The van der Waals surface area contributed by atoms with Crippen molar-refractivity contribution >= 4 is 17.5 Å². The highest BCUT2D eigenvalue weighted by Crippen LogP contribution is 2.29. The van der Waals surface area contributed by atoms with Crippen LogP contribution in [0.1, 0.15) is 17.5 Å². The summed E-state index contributed by atoms with van der Waals surface area (Å²) in [4.78, 5) is 31.8. The largest absolute Gasteiger partial charge is 0.497 e. The second-order valence-corrected chi connectivity index (χ2v) is 7.88. The summed E-state index contributed by atoms with van der Waals surface area (Å²) in [6.07, 6.45) is 0.281. The van der Waals surface area contributed by atoms with Crippen LogP contribution in [0.3, 0.4) is 0 Å². The molecule has 2 aromatic carbocycles. The molecule has 1 saturated heterocycles. The number of likely N-dealkylation sites (N-methyl/N-ethyl adjacent to an activating group) is 1. The molecule has 152 valence electrons. The summed E-state index contributed by atoms with van der Waals surface area (Å²) in [6, 6.07) is 15.8. The van der Waals surface area contributed by atoms with Gasteiger partial charge in [0.1, 0.15) is 5.75 Å². The number of amides is 2. The fourth-order valence-corrected chi connectivity index (χ4v) is 4.16. The molecular weight excluding hydrogens is 366 g/mol. The van der Waals surface area contributed by atoms with Crippen LogP contribution < -0.4 is 9.64 Å². The molecule has 2 amide bonds. The van der Waals surface area contributed by atoms with Gasteiger partial charge in [-0.2, -0.15) is 0 Å². The van der Waals surface area contributed by atoms with E-state index in [9.17, 15) is 9.59 Å². The predicted molar refractivity (Wildman–Crippen MR) is 112 cm³/mol.